The number of anilines is 1. The third kappa shape index (κ3) is 3.02. The van der Waals surface area contributed by atoms with E-state index < -0.39 is 0 Å². The normalized spacial score (nSPS) is 19.7. The quantitative estimate of drug-likeness (QED) is 0.892. The molecule has 1 saturated heterocycles. The summed E-state index contributed by atoms with van der Waals surface area (Å²) in [6.07, 6.45) is 2.63. The summed E-state index contributed by atoms with van der Waals surface area (Å²) in [4.78, 5) is 7.78. The molecule has 1 fully saturated rings. The second-order valence-electron chi connectivity index (χ2n) is 5.13. The van der Waals surface area contributed by atoms with E-state index in [1.165, 1.54) is 0 Å². The van der Waals surface area contributed by atoms with Crippen LogP contribution < -0.4 is 4.90 Å². The highest BCUT2D eigenvalue weighted by atomic mass is 32.1. The van der Waals surface area contributed by atoms with Crippen molar-refractivity contribution in [1.82, 2.24) is 4.98 Å². The summed E-state index contributed by atoms with van der Waals surface area (Å²) in [5.41, 5.74) is 1.02. The van der Waals surface area contributed by atoms with E-state index in [-0.39, 0.29) is 6.61 Å². The Labute approximate surface area is 113 Å². The van der Waals surface area contributed by atoms with Gasteiger partial charge in [0.05, 0.1) is 23.3 Å². The van der Waals surface area contributed by atoms with E-state index in [1.807, 2.05) is 7.05 Å². The fourth-order valence-corrected chi connectivity index (χ4v) is 3.30. The van der Waals surface area contributed by atoms with Crippen molar-refractivity contribution >= 4 is 16.5 Å². The molecular formula is C13H22N2O2S. The predicted molar refractivity (Wildman–Crippen MR) is 74.4 cm³/mol. The summed E-state index contributed by atoms with van der Waals surface area (Å²) >= 11 is 1.59. The van der Waals surface area contributed by atoms with Gasteiger partial charge in [0.2, 0.25) is 0 Å². The Morgan fingerprint density at radius 1 is 1.56 bits per heavy atom. The number of hydrogen-bond acceptors (Lipinski definition) is 5. The van der Waals surface area contributed by atoms with Crippen molar-refractivity contribution in [2.75, 3.05) is 25.1 Å². The maximum atomic E-state index is 9.37. The third-order valence-corrected chi connectivity index (χ3v) is 4.40. The van der Waals surface area contributed by atoms with E-state index in [1.54, 1.807) is 11.3 Å². The number of rotatable bonds is 5. The van der Waals surface area contributed by atoms with Gasteiger partial charge in [-0.15, -0.1) is 0 Å². The van der Waals surface area contributed by atoms with Crippen LogP contribution in [0.4, 0.5) is 5.13 Å². The lowest BCUT2D eigenvalue weighted by Gasteiger charge is -2.19. The van der Waals surface area contributed by atoms with Crippen LogP contribution in [0.1, 0.15) is 43.2 Å². The van der Waals surface area contributed by atoms with Gasteiger partial charge in [0.1, 0.15) is 0 Å². The zero-order valence-electron chi connectivity index (χ0n) is 11.3. The molecule has 0 radical (unpaired) electrons. The van der Waals surface area contributed by atoms with Crippen LogP contribution in [0.15, 0.2) is 0 Å². The molecule has 18 heavy (non-hydrogen) atoms. The van der Waals surface area contributed by atoms with E-state index in [0.29, 0.717) is 12.0 Å². The van der Waals surface area contributed by atoms with Gasteiger partial charge in [0.25, 0.3) is 0 Å². The van der Waals surface area contributed by atoms with Gasteiger partial charge in [0, 0.05) is 20.2 Å². The lowest BCUT2D eigenvalue weighted by atomic mass is 10.1. The summed E-state index contributed by atoms with van der Waals surface area (Å²) in [6, 6.07) is 0. The van der Waals surface area contributed by atoms with Crippen molar-refractivity contribution in [2.24, 2.45) is 0 Å². The number of hydrogen-bond donors (Lipinski definition) is 1. The summed E-state index contributed by atoms with van der Waals surface area (Å²) in [5, 5.41) is 10.4. The van der Waals surface area contributed by atoms with Crippen LogP contribution in [0.3, 0.4) is 0 Å². The molecule has 0 aliphatic carbocycles. The SMILES string of the molecule is CC(C)c1nc(N(C)CC2CCCO2)sc1CO. The Balaban J connectivity index is 2.07. The molecular weight excluding hydrogens is 248 g/mol. The number of ether oxygens (including phenoxy) is 1. The van der Waals surface area contributed by atoms with E-state index in [0.717, 1.165) is 41.7 Å². The van der Waals surface area contributed by atoms with Gasteiger partial charge in [-0.05, 0) is 18.8 Å². The molecule has 2 rings (SSSR count). The van der Waals surface area contributed by atoms with Crippen LogP contribution in [0.2, 0.25) is 0 Å². The molecule has 0 aromatic carbocycles. The lowest BCUT2D eigenvalue weighted by Crippen LogP contribution is -2.28. The largest absolute Gasteiger partial charge is 0.391 e. The zero-order valence-corrected chi connectivity index (χ0v) is 12.2. The zero-order chi connectivity index (χ0) is 13.1. The van der Waals surface area contributed by atoms with Crippen LogP contribution >= 0.6 is 11.3 Å². The molecule has 5 heteroatoms. The number of likely N-dealkylation sites (N-methyl/N-ethyl adjacent to an activating group) is 1. The number of thiazole rings is 1. The van der Waals surface area contributed by atoms with E-state index in [2.05, 4.69) is 23.7 Å². The molecule has 1 unspecified atom stereocenters. The molecule has 0 amide bonds. The number of aromatic nitrogens is 1. The second-order valence-corrected chi connectivity index (χ2v) is 6.20. The van der Waals surface area contributed by atoms with Gasteiger partial charge in [0.15, 0.2) is 5.13 Å². The van der Waals surface area contributed by atoms with Crippen molar-refractivity contribution in [3.63, 3.8) is 0 Å². The van der Waals surface area contributed by atoms with Crippen molar-refractivity contribution in [2.45, 2.75) is 45.3 Å². The molecule has 1 aliphatic rings. The highest BCUT2D eigenvalue weighted by Crippen LogP contribution is 2.30. The monoisotopic (exact) mass is 270 g/mol. The van der Waals surface area contributed by atoms with Crippen LogP contribution in [-0.2, 0) is 11.3 Å². The van der Waals surface area contributed by atoms with Gasteiger partial charge in [-0.1, -0.05) is 25.2 Å². The highest BCUT2D eigenvalue weighted by molar-refractivity contribution is 7.15. The van der Waals surface area contributed by atoms with E-state index in [4.69, 9.17) is 4.74 Å². The van der Waals surface area contributed by atoms with Gasteiger partial charge in [-0.2, -0.15) is 0 Å². The number of aliphatic hydroxyl groups excluding tert-OH is 1. The molecule has 0 spiro atoms. The first-order valence-electron chi connectivity index (χ1n) is 6.55. The van der Waals surface area contributed by atoms with Crippen LogP contribution in [0.5, 0.6) is 0 Å². The first-order valence-corrected chi connectivity index (χ1v) is 7.36. The fraction of sp³-hybridized carbons (Fsp3) is 0.769. The molecule has 1 aliphatic heterocycles. The van der Waals surface area contributed by atoms with Crippen molar-refractivity contribution in [3.8, 4) is 0 Å². The first-order chi connectivity index (χ1) is 8.61. The minimum atomic E-state index is 0.0823. The highest BCUT2D eigenvalue weighted by Gasteiger charge is 2.21. The minimum absolute atomic E-state index is 0.0823. The number of aliphatic hydroxyl groups is 1. The average molecular weight is 270 g/mol. The topological polar surface area (TPSA) is 45.6 Å². The van der Waals surface area contributed by atoms with Gasteiger partial charge < -0.3 is 14.7 Å². The van der Waals surface area contributed by atoms with Gasteiger partial charge in [-0.3, -0.25) is 0 Å². The molecule has 0 saturated carbocycles. The van der Waals surface area contributed by atoms with Crippen LogP contribution in [0, 0.1) is 0 Å². The van der Waals surface area contributed by atoms with Gasteiger partial charge >= 0.3 is 0 Å². The van der Waals surface area contributed by atoms with Crippen LogP contribution in [-0.4, -0.2) is 36.4 Å². The van der Waals surface area contributed by atoms with Gasteiger partial charge in [-0.25, -0.2) is 4.98 Å². The third-order valence-electron chi connectivity index (χ3n) is 3.23. The number of nitrogens with zero attached hydrogens (tertiary/aromatic N) is 2. The molecule has 1 atom stereocenters. The maximum absolute atomic E-state index is 9.37. The van der Waals surface area contributed by atoms with E-state index >= 15 is 0 Å². The van der Waals surface area contributed by atoms with E-state index in [9.17, 15) is 5.11 Å². The Bertz CT molecular complexity index is 386. The van der Waals surface area contributed by atoms with Crippen molar-refractivity contribution in [1.29, 1.82) is 0 Å². The predicted octanol–water partition coefficient (Wildman–Crippen LogP) is 2.37. The summed E-state index contributed by atoms with van der Waals surface area (Å²) < 4.78 is 5.64. The standard InChI is InChI=1S/C13H22N2O2S/c1-9(2)12-11(8-16)18-13(14-12)15(3)7-10-5-4-6-17-10/h9-10,16H,4-8H2,1-3H3. The second kappa shape index (κ2) is 5.99. The summed E-state index contributed by atoms with van der Waals surface area (Å²) in [7, 11) is 2.05. The van der Waals surface area contributed by atoms with Crippen molar-refractivity contribution < 1.29 is 9.84 Å². The smallest absolute Gasteiger partial charge is 0.185 e. The molecule has 0 bridgehead atoms. The Morgan fingerprint density at radius 2 is 2.33 bits per heavy atom. The molecule has 1 aromatic heterocycles. The lowest BCUT2D eigenvalue weighted by molar-refractivity contribution is 0.116. The molecule has 4 nitrogen and oxygen atoms in total. The molecule has 1 N–H and O–H groups in total. The Hall–Kier alpha value is -0.650. The molecule has 102 valence electrons. The Kier molecular flexibility index (Phi) is 4.59. The molecule has 2 heterocycles. The first kappa shape index (κ1) is 13.8. The molecule has 1 aromatic rings. The Morgan fingerprint density at radius 3 is 2.83 bits per heavy atom. The van der Waals surface area contributed by atoms with Crippen LogP contribution in [0.25, 0.3) is 0 Å². The minimum Gasteiger partial charge on any atom is -0.391 e. The summed E-state index contributed by atoms with van der Waals surface area (Å²) in [6.45, 7) is 6.07. The summed E-state index contributed by atoms with van der Waals surface area (Å²) in [5.74, 6) is 0.355. The van der Waals surface area contributed by atoms with Crippen molar-refractivity contribution in [3.05, 3.63) is 10.6 Å². The average Bonchev–Trinajstić information content (AvgIpc) is 2.96. The fourth-order valence-electron chi connectivity index (χ4n) is 2.25. The maximum Gasteiger partial charge on any atom is 0.185 e.